The summed E-state index contributed by atoms with van der Waals surface area (Å²) in [7, 11) is 0. The van der Waals surface area contributed by atoms with Crippen LogP contribution in [0, 0.1) is 11.8 Å². The van der Waals surface area contributed by atoms with E-state index in [4.69, 9.17) is 5.11 Å². The molecule has 1 fully saturated rings. The first-order valence-electron chi connectivity index (χ1n) is 15.2. The first kappa shape index (κ1) is 34.6. The van der Waals surface area contributed by atoms with Crippen molar-refractivity contribution in [2.45, 2.75) is 141 Å². The predicted octanol–water partition coefficient (Wildman–Crippen LogP) is 5.39. The maximum Gasteiger partial charge on any atom is 0.326 e. The van der Waals surface area contributed by atoms with Gasteiger partial charge in [0.2, 0.25) is 11.8 Å². The number of hydrogen-bond donors (Lipinski definition) is 4. The van der Waals surface area contributed by atoms with Crippen LogP contribution in [-0.4, -0.2) is 52.3 Å². The van der Waals surface area contributed by atoms with E-state index in [1.807, 2.05) is 0 Å². The maximum absolute atomic E-state index is 12.5. The standard InChI is InChI=1S/C30H52N2O7/c1-23(33)16-21-26(30(38)39)32-29(37)25-19-17-24(18-20-25)22-31-27(34)14-12-10-8-6-4-2-3-5-7-9-11-13-15-28(35)36/h24-26H,2-22H2,1H3,(H,31,34)(H,32,37)(H,35,36)(H,38,39)/t24?,25?,26-/m0/s1. The molecule has 0 unspecified atom stereocenters. The van der Waals surface area contributed by atoms with Gasteiger partial charge < -0.3 is 25.6 Å². The van der Waals surface area contributed by atoms with Crippen molar-refractivity contribution in [2.24, 2.45) is 11.8 Å². The average molecular weight is 553 g/mol. The fraction of sp³-hybridized carbons (Fsp3) is 0.833. The van der Waals surface area contributed by atoms with Crippen LogP contribution in [0.1, 0.15) is 135 Å². The number of carbonyl (C=O) groups is 5. The van der Waals surface area contributed by atoms with E-state index in [1.54, 1.807) is 0 Å². The fourth-order valence-corrected chi connectivity index (χ4v) is 5.20. The monoisotopic (exact) mass is 552 g/mol. The summed E-state index contributed by atoms with van der Waals surface area (Å²) in [5.74, 6) is -1.95. The molecule has 39 heavy (non-hydrogen) atoms. The van der Waals surface area contributed by atoms with E-state index in [0.717, 1.165) is 51.4 Å². The third kappa shape index (κ3) is 18.5. The zero-order valence-electron chi connectivity index (χ0n) is 24.0. The molecule has 0 bridgehead atoms. The summed E-state index contributed by atoms with van der Waals surface area (Å²) in [6.07, 6.45) is 17.5. The summed E-state index contributed by atoms with van der Waals surface area (Å²) >= 11 is 0. The van der Waals surface area contributed by atoms with Crippen molar-refractivity contribution >= 4 is 29.5 Å². The van der Waals surface area contributed by atoms with Crippen LogP contribution in [0.25, 0.3) is 0 Å². The molecule has 1 saturated carbocycles. The van der Waals surface area contributed by atoms with Crippen LogP contribution in [0.4, 0.5) is 0 Å². The molecule has 224 valence electrons. The molecule has 9 heteroatoms. The summed E-state index contributed by atoms with van der Waals surface area (Å²) in [5.41, 5.74) is 0. The van der Waals surface area contributed by atoms with Crippen LogP contribution >= 0.6 is 0 Å². The van der Waals surface area contributed by atoms with E-state index < -0.39 is 18.0 Å². The van der Waals surface area contributed by atoms with Gasteiger partial charge in [-0.25, -0.2) is 4.79 Å². The van der Waals surface area contributed by atoms with Gasteiger partial charge in [0, 0.05) is 31.7 Å². The van der Waals surface area contributed by atoms with Crippen molar-refractivity contribution < 1.29 is 34.2 Å². The number of carboxylic acid groups (broad SMARTS) is 2. The Morgan fingerprint density at radius 3 is 1.64 bits per heavy atom. The largest absolute Gasteiger partial charge is 0.481 e. The Labute approximate surface area is 234 Å². The molecule has 1 atom stereocenters. The number of nitrogens with one attached hydrogen (secondary N) is 2. The van der Waals surface area contributed by atoms with E-state index in [1.165, 1.54) is 45.4 Å². The number of carboxylic acids is 2. The molecule has 0 aromatic rings. The number of unbranched alkanes of at least 4 members (excludes halogenated alkanes) is 11. The Balaban J connectivity index is 2.00. The van der Waals surface area contributed by atoms with Crippen LogP contribution < -0.4 is 10.6 Å². The molecule has 1 aliphatic carbocycles. The molecule has 2 amide bonds. The smallest absolute Gasteiger partial charge is 0.326 e. The van der Waals surface area contributed by atoms with E-state index >= 15 is 0 Å². The predicted molar refractivity (Wildman–Crippen MR) is 150 cm³/mol. The molecule has 0 spiro atoms. The van der Waals surface area contributed by atoms with Gasteiger partial charge in [0.05, 0.1) is 0 Å². The van der Waals surface area contributed by atoms with Crippen LogP contribution in [0.3, 0.4) is 0 Å². The van der Waals surface area contributed by atoms with E-state index in [-0.39, 0.29) is 42.8 Å². The minimum atomic E-state index is -1.12. The number of amides is 2. The molecule has 0 aliphatic heterocycles. The zero-order chi connectivity index (χ0) is 28.9. The molecule has 0 heterocycles. The molecule has 0 saturated heterocycles. The Hall–Kier alpha value is -2.45. The Bertz CT molecular complexity index is 748. The lowest BCUT2D eigenvalue weighted by Gasteiger charge is -2.28. The summed E-state index contributed by atoms with van der Waals surface area (Å²) in [5, 5.41) is 23.6. The third-order valence-corrected chi connectivity index (χ3v) is 7.75. The van der Waals surface area contributed by atoms with Gasteiger partial charge in [0.15, 0.2) is 0 Å². The number of aliphatic carboxylic acids is 2. The van der Waals surface area contributed by atoms with Crippen molar-refractivity contribution in [2.75, 3.05) is 6.54 Å². The second-order valence-corrected chi connectivity index (χ2v) is 11.3. The summed E-state index contributed by atoms with van der Waals surface area (Å²) in [4.78, 5) is 57.7. The molecule has 0 aromatic carbocycles. The van der Waals surface area contributed by atoms with Crippen LogP contribution in [0.2, 0.25) is 0 Å². The van der Waals surface area contributed by atoms with Gasteiger partial charge in [-0.15, -0.1) is 0 Å². The highest BCUT2D eigenvalue weighted by Gasteiger charge is 2.29. The molecule has 1 rings (SSSR count). The topological polar surface area (TPSA) is 150 Å². The van der Waals surface area contributed by atoms with Gasteiger partial charge in [-0.05, 0) is 57.8 Å². The Morgan fingerprint density at radius 2 is 1.18 bits per heavy atom. The minimum Gasteiger partial charge on any atom is -0.481 e. The quantitative estimate of drug-likeness (QED) is 0.124. The summed E-state index contributed by atoms with van der Waals surface area (Å²) < 4.78 is 0. The number of hydrogen-bond acceptors (Lipinski definition) is 5. The SMILES string of the molecule is CC(=O)CC[C@H](NC(=O)C1CCC(CNC(=O)CCCCCCCCCCCCCCC(=O)O)CC1)C(=O)O. The van der Waals surface area contributed by atoms with Crippen LogP contribution in [0.5, 0.6) is 0 Å². The summed E-state index contributed by atoms with van der Waals surface area (Å²) in [6.45, 7) is 2.04. The van der Waals surface area contributed by atoms with E-state index in [0.29, 0.717) is 31.7 Å². The van der Waals surface area contributed by atoms with Gasteiger partial charge in [0.25, 0.3) is 0 Å². The lowest BCUT2D eigenvalue weighted by Crippen LogP contribution is -2.44. The van der Waals surface area contributed by atoms with Crippen molar-refractivity contribution in [1.82, 2.24) is 10.6 Å². The minimum absolute atomic E-state index is 0.0907. The van der Waals surface area contributed by atoms with Gasteiger partial charge in [0.1, 0.15) is 11.8 Å². The average Bonchev–Trinajstić information content (AvgIpc) is 2.89. The second kappa shape index (κ2) is 21.4. The van der Waals surface area contributed by atoms with Gasteiger partial charge in [-0.3, -0.25) is 14.4 Å². The highest BCUT2D eigenvalue weighted by molar-refractivity contribution is 5.85. The molecular weight excluding hydrogens is 500 g/mol. The first-order chi connectivity index (χ1) is 18.7. The number of rotatable bonds is 23. The molecule has 0 radical (unpaired) electrons. The lowest BCUT2D eigenvalue weighted by atomic mass is 9.81. The molecule has 9 nitrogen and oxygen atoms in total. The van der Waals surface area contributed by atoms with Crippen molar-refractivity contribution in [3.8, 4) is 0 Å². The van der Waals surface area contributed by atoms with E-state index in [9.17, 15) is 29.1 Å². The van der Waals surface area contributed by atoms with Crippen molar-refractivity contribution in [3.05, 3.63) is 0 Å². The Morgan fingerprint density at radius 1 is 0.692 bits per heavy atom. The van der Waals surface area contributed by atoms with Crippen LogP contribution in [0.15, 0.2) is 0 Å². The fourth-order valence-electron chi connectivity index (χ4n) is 5.20. The first-order valence-corrected chi connectivity index (χ1v) is 15.2. The number of ketones is 1. The van der Waals surface area contributed by atoms with Gasteiger partial charge in [-0.1, -0.05) is 64.2 Å². The van der Waals surface area contributed by atoms with E-state index in [2.05, 4.69) is 10.6 Å². The number of carbonyl (C=O) groups excluding carboxylic acids is 3. The lowest BCUT2D eigenvalue weighted by molar-refractivity contribution is -0.143. The normalized spacial score (nSPS) is 17.8. The molecule has 4 N–H and O–H groups in total. The van der Waals surface area contributed by atoms with Gasteiger partial charge >= 0.3 is 11.9 Å². The van der Waals surface area contributed by atoms with Crippen molar-refractivity contribution in [3.63, 3.8) is 0 Å². The highest BCUT2D eigenvalue weighted by atomic mass is 16.4. The van der Waals surface area contributed by atoms with Crippen molar-refractivity contribution in [1.29, 1.82) is 0 Å². The second-order valence-electron chi connectivity index (χ2n) is 11.3. The maximum atomic E-state index is 12.5. The summed E-state index contributed by atoms with van der Waals surface area (Å²) in [6, 6.07) is -1.03. The van der Waals surface area contributed by atoms with Crippen LogP contribution in [-0.2, 0) is 24.0 Å². The molecular formula is C30H52N2O7. The third-order valence-electron chi connectivity index (χ3n) is 7.75. The van der Waals surface area contributed by atoms with Gasteiger partial charge in [-0.2, -0.15) is 0 Å². The highest BCUT2D eigenvalue weighted by Crippen LogP contribution is 2.28. The Kier molecular flexibility index (Phi) is 19.0. The molecule has 0 aromatic heterocycles. The zero-order valence-corrected chi connectivity index (χ0v) is 24.0. The molecule has 1 aliphatic rings. The number of Topliss-reactive ketones (excluding diaryl/α,β-unsaturated/α-hetero) is 1.